The Balaban J connectivity index is 2.16. The number of alkyl halides is 2. The number of ether oxygens (including phenoxy) is 1. The van der Waals surface area contributed by atoms with Crippen molar-refractivity contribution < 1.29 is 32.2 Å². The number of carbonyl (C=O) groups excluding carboxylic acids is 1. The van der Waals surface area contributed by atoms with Crippen molar-refractivity contribution in [3.05, 3.63) is 68.9 Å². The number of nitrogens with zero attached hydrogens (tertiary/aromatic N) is 3. The van der Waals surface area contributed by atoms with Crippen molar-refractivity contribution in [2.45, 2.75) is 45.9 Å². The quantitative estimate of drug-likeness (QED) is 0.438. The van der Waals surface area contributed by atoms with E-state index in [-0.39, 0.29) is 17.4 Å². The molecular weight excluding hydrogens is 496 g/mol. The highest BCUT2D eigenvalue weighted by molar-refractivity contribution is 6.34. The molecule has 1 amide bonds. The van der Waals surface area contributed by atoms with Gasteiger partial charge in [0, 0.05) is 19.5 Å². The molecule has 2 N–H and O–H groups in total. The lowest BCUT2D eigenvalue weighted by Crippen LogP contribution is -2.33. The van der Waals surface area contributed by atoms with Gasteiger partial charge in [-0.1, -0.05) is 17.7 Å². The zero-order valence-corrected chi connectivity index (χ0v) is 19.5. The van der Waals surface area contributed by atoms with Gasteiger partial charge in [0.1, 0.15) is 29.7 Å². The molecule has 0 radical (unpaired) electrons. The number of aliphatic hydroxyl groups is 1. The Hall–Kier alpha value is -3.38. The molecule has 0 saturated carbocycles. The third kappa shape index (κ3) is 5.33. The predicted octanol–water partition coefficient (Wildman–Crippen LogP) is 4.15. The number of halogens is 5. The first-order valence-corrected chi connectivity index (χ1v) is 10.7. The van der Waals surface area contributed by atoms with Crippen LogP contribution in [0.5, 0.6) is 5.75 Å². The number of aliphatic hydroxyl groups excluding tert-OH is 1. The average Bonchev–Trinajstić information content (AvgIpc) is 3.11. The minimum absolute atomic E-state index is 0.0659. The van der Waals surface area contributed by atoms with Crippen LogP contribution in [-0.2, 0) is 13.2 Å². The molecule has 1 aromatic heterocycles. The van der Waals surface area contributed by atoms with Gasteiger partial charge in [0.15, 0.2) is 11.9 Å². The normalized spacial score (nSPS) is 12.5. The molecule has 0 bridgehead atoms. The van der Waals surface area contributed by atoms with Crippen molar-refractivity contribution in [3.63, 3.8) is 0 Å². The summed E-state index contributed by atoms with van der Waals surface area (Å²) >= 11 is 5.92. The summed E-state index contributed by atoms with van der Waals surface area (Å²) in [6.07, 6.45) is -1.78. The molecular formula is C22H21ClF4N4O4. The number of nitrogens with one attached hydrogen (secondary N) is 1. The van der Waals surface area contributed by atoms with Gasteiger partial charge in [-0.15, -0.1) is 5.10 Å². The first kappa shape index (κ1) is 26.2. The molecule has 188 valence electrons. The minimum atomic E-state index is -3.36. The first-order valence-electron chi connectivity index (χ1n) is 10.3. The van der Waals surface area contributed by atoms with E-state index in [1.807, 2.05) is 0 Å². The van der Waals surface area contributed by atoms with Crippen LogP contribution in [0.1, 0.15) is 37.0 Å². The van der Waals surface area contributed by atoms with E-state index >= 15 is 4.39 Å². The van der Waals surface area contributed by atoms with Gasteiger partial charge in [0.05, 0.1) is 16.3 Å². The SMILES string of the molecule is CCn1c(CO)nn(-c2cc(O[C@@H](C)C(C)(F)F)c(C(=O)Nc3c(F)cccc3Cl)cc2F)c1=O. The Bertz CT molecular complexity index is 1300. The van der Waals surface area contributed by atoms with Gasteiger partial charge in [0.25, 0.3) is 11.8 Å². The smallest absolute Gasteiger partial charge is 0.350 e. The zero-order valence-electron chi connectivity index (χ0n) is 18.8. The van der Waals surface area contributed by atoms with Crippen molar-refractivity contribution in [2.75, 3.05) is 5.32 Å². The van der Waals surface area contributed by atoms with Gasteiger partial charge >= 0.3 is 5.69 Å². The van der Waals surface area contributed by atoms with Gasteiger partial charge < -0.3 is 15.2 Å². The number of rotatable bonds is 8. The molecule has 0 spiro atoms. The van der Waals surface area contributed by atoms with Crippen LogP contribution in [0.4, 0.5) is 23.2 Å². The lowest BCUT2D eigenvalue weighted by molar-refractivity contribution is -0.0719. The number of amides is 1. The monoisotopic (exact) mass is 516 g/mol. The third-order valence-electron chi connectivity index (χ3n) is 5.14. The summed E-state index contributed by atoms with van der Waals surface area (Å²) in [5.41, 5.74) is -2.30. The number of anilines is 1. The number of para-hydroxylation sites is 1. The predicted molar refractivity (Wildman–Crippen MR) is 119 cm³/mol. The maximum Gasteiger partial charge on any atom is 0.350 e. The molecule has 2 aromatic carbocycles. The molecule has 0 fully saturated rings. The number of benzene rings is 2. The molecule has 3 rings (SSSR count). The molecule has 0 unspecified atom stereocenters. The van der Waals surface area contributed by atoms with Gasteiger partial charge in [0.2, 0.25) is 0 Å². The lowest BCUT2D eigenvalue weighted by atomic mass is 10.1. The Morgan fingerprint density at radius 1 is 1.29 bits per heavy atom. The van der Waals surface area contributed by atoms with Crippen LogP contribution in [-0.4, -0.2) is 37.4 Å². The minimum Gasteiger partial charge on any atom is -0.484 e. The van der Waals surface area contributed by atoms with Crippen LogP contribution in [0.25, 0.3) is 5.69 Å². The van der Waals surface area contributed by atoms with Gasteiger partial charge in [-0.05, 0) is 32.0 Å². The first-order chi connectivity index (χ1) is 16.4. The molecule has 1 heterocycles. The molecule has 0 saturated heterocycles. The second-order valence-electron chi connectivity index (χ2n) is 7.58. The molecule has 8 nitrogen and oxygen atoms in total. The summed E-state index contributed by atoms with van der Waals surface area (Å²) in [4.78, 5) is 25.5. The molecule has 0 aliphatic carbocycles. The van der Waals surface area contributed by atoms with E-state index in [2.05, 4.69) is 10.4 Å². The molecule has 0 aliphatic rings. The summed E-state index contributed by atoms with van der Waals surface area (Å²) in [5, 5.41) is 15.3. The lowest BCUT2D eigenvalue weighted by Gasteiger charge is -2.23. The fourth-order valence-corrected chi connectivity index (χ4v) is 3.31. The van der Waals surface area contributed by atoms with E-state index in [0.717, 1.165) is 23.6 Å². The maximum absolute atomic E-state index is 15.1. The van der Waals surface area contributed by atoms with Crippen LogP contribution < -0.4 is 15.7 Å². The number of carbonyl (C=O) groups is 1. The van der Waals surface area contributed by atoms with Gasteiger partial charge in [-0.25, -0.2) is 22.4 Å². The Morgan fingerprint density at radius 2 is 1.97 bits per heavy atom. The van der Waals surface area contributed by atoms with Crippen LogP contribution in [0.15, 0.2) is 35.1 Å². The van der Waals surface area contributed by atoms with Gasteiger partial charge in [-0.2, -0.15) is 4.68 Å². The van der Waals surface area contributed by atoms with Crippen molar-refractivity contribution in [1.82, 2.24) is 14.3 Å². The van der Waals surface area contributed by atoms with E-state index < -0.39 is 64.6 Å². The van der Waals surface area contributed by atoms with E-state index in [9.17, 15) is 27.9 Å². The van der Waals surface area contributed by atoms with Crippen LogP contribution in [0, 0.1) is 11.6 Å². The summed E-state index contributed by atoms with van der Waals surface area (Å²) in [7, 11) is 0. The highest BCUT2D eigenvalue weighted by atomic mass is 35.5. The van der Waals surface area contributed by atoms with Crippen molar-refractivity contribution in [2.24, 2.45) is 0 Å². The maximum atomic E-state index is 15.1. The summed E-state index contributed by atoms with van der Waals surface area (Å²) in [6, 6.07) is 5.12. The van der Waals surface area contributed by atoms with Crippen molar-refractivity contribution in [3.8, 4) is 11.4 Å². The second-order valence-corrected chi connectivity index (χ2v) is 7.99. The van der Waals surface area contributed by atoms with E-state index in [1.54, 1.807) is 6.92 Å². The number of aromatic nitrogens is 3. The van der Waals surface area contributed by atoms with E-state index in [1.165, 1.54) is 12.1 Å². The highest BCUT2D eigenvalue weighted by Gasteiger charge is 2.34. The second kappa shape index (κ2) is 10.1. The summed E-state index contributed by atoms with van der Waals surface area (Å²) < 4.78 is 63.9. The fraction of sp³-hybridized carbons (Fsp3) is 0.318. The Labute approximate surface area is 201 Å². The molecule has 1 atom stereocenters. The number of hydrogen-bond acceptors (Lipinski definition) is 5. The Kier molecular flexibility index (Phi) is 7.56. The number of hydrogen-bond donors (Lipinski definition) is 2. The standard InChI is InChI=1S/C22H21ClF4N4O4/c1-4-30-18(10-32)29-31(21(30)34)16-9-17(35-11(2)22(3,26)27)12(8-15(16)25)20(33)28-19-13(23)6-5-7-14(19)24/h5-9,11,32H,4,10H2,1-3H3,(H,28,33)/t11-/m0/s1. The van der Waals surface area contributed by atoms with E-state index in [0.29, 0.717) is 17.7 Å². The van der Waals surface area contributed by atoms with E-state index in [4.69, 9.17) is 16.3 Å². The Morgan fingerprint density at radius 3 is 2.51 bits per heavy atom. The fourth-order valence-electron chi connectivity index (χ4n) is 3.10. The van der Waals surface area contributed by atoms with Crippen LogP contribution in [0.2, 0.25) is 5.02 Å². The zero-order chi connectivity index (χ0) is 26.1. The largest absolute Gasteiger partial charge is 0.484 e. The highest BCUT2D eigenvalue weighted by Crippen LogP contribution is 2.31. The molecule has 35 heavy (non-hydrogen) atoms. The van der Waals surface area contributed by atoms with Crippen molar-refractivity contribution >= 4 is 23.2 Å². The average molecular weight is 517 g/mol. The summed E-state index contributed by atoms with van der Waals surface area (Å²) in [6.45, 7) is 2.71. The third-order valence-corrected chi connectivity index (χ3v) is 5.45. The van der Waals surface area contributed by atoms with Gasteiger partial charge in [-0.3, -0.25) is 9.36 Å². The topological polar surface area (TPSA) is 98.4 Å². The van der Waals surface area contributed by atoms with Crippen LogP contribution in [0.3, 0.4) is 0 Å². The molecule has 13 heteroatoms. The molecule has 3 aromatic rings. The summed E-state index contributed by atoms with van der Waals surface area (Å²) in [5.74, 6) is -7.07. The molecule has 0 aliphatic heterocycles. The van der Waals surface area contributed by atoms with Crippen molar-refractivity contribution in [1.29, 1.82) is 0 Å². The van der Waals surface area contributed by atoms with Crippen LogP contribution >= 0.6 is 11.6 Å².